The first-order chi connectivity index (χ1) is 9.72. The lowest BCUT2D eigenvalue weighted by Gasteiger charge is -2.15. The van der Waals surface area contributed by atoms with Gasteiger partial charge >= 0.3 is 5.97 Å². The zero-order valence-corrected chi connectivity index (χ0v) is 12.1. The van der Waals surface area contributed by atoms with Crippen LogP contribution in [0.2, 0.25) is 0 Å². The second-order valence-electron chi connectivity index (χ2n) is 4.91. The SMILES string of the molecule is CCOC(=O)C(CC)Oc1ccc(CNC2CC2)nc1. The molecule has 1 aliphatic rings. The Balaban J connectivity index is 1.85. The topological polar surface area (TPSA) is 60.5 Å². The first-order valence-corrected chi connectivity index (χ1v) is 7.24. The lowest BCUT2D eigenvalue weighted by molar-refractivity contribution is -0.151. The van der Waals surface area contributed by atoms with Gasteiger partial charge in [-0.3, -0.25) is 4.98 Å². The highest BCUT2D eigenvalue weighted by Gasteiger charge is 2.21. The van der Waals surface area contributed by atoms with E-state index in [1.807, 2.05) is 19.1 Å². The molecule has 20 heavy (non-hydrogen) atoms. The largest absolute Gasteiger partial charge is 0.477 e. The summed E-state index contributed by atoms with van der Waals surface area (Å²) in [5.41, 5.74) is 0.980. The van der Waals surface area contributed by atoms with Gasteiger partial charge in [0.15, 0.2) is 6.10 Å². The molecule has 1 N–H and O–H groups in total. The number of pyridine rings is 1. The minimum Gasteiger partial charge on any atom is -0.477 e. The average Bonchev–Trinajstić information content (AvgIpc) is 3.28. The van der Waals surface area contributed by atoms with Crippen molar-refractivity contribution in [3.8, 4) is 5.75 Å². The van der Waals surface area contributed by atoms with Crippen LogP contribution >= 0.6 is 0 Å². The van der Waals surface area contributed by atoms with Gasteiger partial charge in [0.2, 0.25) is 0 Å². The fourth-order valence-electron chi connectivity index (χ4n) is 1.82. The summed E-state index contributed by atoms with van der Waals surface area (Å²) in [7, 11) is 0. The van der Waals surface area contributed by atoms with Crippen LogP contribution in [0.1, 0.15) is 38.8 Å². The molecule has 110 valence electrons. The van der Waals surface area contributed by atoms with Gasteiger partial charge in [0.1, 0.15) is 5.75 Å². The minimum absolute atomic E-state index is 0.325. The highest BCUT2D eigenvalue weighted by Crippen LogP contribution is 2.19. The molecule has 1 aliphatic carbocycles. The van der Waals surface area contributed by atoms with Gasteiger partial charge < -0.3 is 14.8 Å². The van der Waals surface area contributed by atoms with E-state index in [9.17, 15) is 4.79 Å². The van der Waals surface area contributed by atoms with Gasteiger partial charge in [-0.05, 0) is 38.3 Å². The summed E-state index contributed by atoms with van der Waals surface area (Å²) in [5, 5.41) is 3.40. The molecular formula is C15H22N2O3. The van der Waals surface area contributed by atoms with Crippen molar-refractivity contribution in [2.75, 3.05) is 6.61 Å². The number of nitrogens with one attached hydrogen (secondary N) is 1. The third-order valence-corrected chi connectivity index (χ3v) is 3.15. The second-order valence-corrected chi connectivity index (χ2v) is 4.91. The first-order valence-electron chi connectivity index (χ1n) is 7.24. The molecule has 0 saturated heterocycles. The van der Waals surface area contributed by atoms with Crippen molar-refractivity contribution in [3.05, 3.63) is 24.0 Å². The number of nitrogens with zero attached hydrogens (tertiary/aromatic N) is 1. The molecule has 0 amide bonds. The summed E-state index contributed by atoms with van der Waals surface area (Å²) in [6, 6.07) is 4.43. The maximum absolute atomic E-state index is 11.7. The van der Waals surface area contributed by atoms with E-state index in [4.69, 9.17) is 9.47 Å². The van der Waals surface area contributed by atoms with E-state index in [1.165, 1.54) is 12.8 Å². The van der Waals surface area contributed by atoms with Gasteiger partial charge in [0.25, 0.3) is 0 Å². The molecular weight excluding hydrogens is 256 g/mol. The quantitative estimate of drug-likeness (QED) is 0.737. The third kappa shape index (κ3) is 4.49. The van der Waals surface area contributed by atoms with Crippen molar-refractivity contribution in [2.45, 2.75) is 51.8 Å². The molecule has 5 nitrogen and oxygen atoms in total. The Labute approximate surface area is 119 Å². The molecule has 1 fully saturated rings. The summed E-state index contributed by atoms with van der Waals surface area (Å²) in [6.07, 6.45) is 4.19. The number of esters is 1. The minimum atomic E-state index is -0.563. The Morgan fingerprint density at radius 2 is 2.25 bits per heavy atom. The predicted molar refractivity (Wildman–Crippen MR) is 75.4 cm³/mol. The van der Waals surface area contributed by atoms with E-state index in [1.54, 1.807) is 13.1 Å². The summed E-state index contributed by atoms with van der Waals surface area (Å²) in [4.78, 5) is 16.0. The maximum Gasteiger partial charge on any atom is 0.347 e. The van der Waals surface area contributed by atoms with Gasteiger partial charge in [-0.25, -0.2) is 4.79 Å². The summed E-state index contributed by atoms with van der Waals surface area (Å²) >= 11 is 0. The highest BCUT2D eigenvalue weighted by molar-refractivity contribution is 5.75. The molecule has 0 bridgehead atoms. The molecule has 2 rings (SSSR count). The van der Waals surface area contributed by atoms with Crippen molar-refractivity contribution >= 4 is 5.97 Å². The zero-order chi connectivity index (χ0) is 14.4. The Morgan fingerprint density at radius 3 is 2.80 bits per heavy atom. The number of hydrogen-bond acceptors (Lipinski definition) is 5. The molecule has 1 aromatic rings. The van der Waals surface area contributed by atoms with Gasteiger partial charge in [-0.15, -0.1) is 0 Å². The number of ether oxygens (including phenoxy) is 2. The zero-order valence-electron chi connectivity index (χ0n) is 12.1. The van der Waals surface area contributed by atoms with Gasteiger partial charge in [-0.1, -0.05) is 6.92 Å². The summed E-state index contributed by atoms with van der Waals surface area (Å²) < 4.78 is 10.6. The highest BCUT2D eigenvalue weighted by atomic mass is 16.6. The normalized spacial score (nSPS) is 15.7. The second kappa shape index (κ2) is 7.24. The fourth-order valence-corrected chi connectivity index (χ4v) is 1.82. The monoisotopic (exact) mass is 278 g/mol. The third-order valence-electron chi connectivity index (χ3n) is 3.15. The Kier molecular flexibility index (Phi) is 5.35. The maximum atomic E-state index is 11.7. The molecule has 0 radical (unpaired) electrons. The van der Waals surface area contributed by atoms with Crippen LogP contribution in [0.3, 0.4) is 0 Å². The van der Waals surface area contributed by atoms with Crippen LogP contribution in [0.25, 0.3) is 0 Å². The standard InChI is InChI=1S/C15H22N2O3/c1-3-14(15(18)19-4-2)20-13-8-7-12(17-10-13)9-16-11-5-6-11/h7-8,10-11,14,16H,3-6,9H2,1-2H3. The van der Waals surface area contributed by atoms with Crippen molar-refractivity contribution in [2.24, 2.45) is 0 Å². The summed E-state index contributed by atoms with van der Waals surface area (Å²) in [5.74, 6) is 0.273. The van der Waals surface area contributed by atoms with Crippen LogP contribution in [0.4, 0.5) is 0 Å². The average molecular weight is 278 g/mol. The number of carbonyl (C=O) groups excluding carboxylic acids is 1. The number of carbonyl (C=O) groups is 1. The lowest BCUT2D eigenvalue weighted by Crippen LogP contribution is -2.28. The Morgan fingerprint density at radius 1 is 1.45 bits per heavy atom. The van der Waals surface area contributed by atoms with E-state index in [-0.39, 0.29) is 5.97 Å². The molecule has 1 unspecified atom stereocenters. The van der Waals surface area contributed by atoms with Crippen LogP contribution < -0.4 is 10.1 Å². The summed E-state index contributed by atoms with van der Waals surface area (Å²) in [6.45, 7) is 4.82. The predicted octanol–water partition coefficient (Wildman–Crippen LogP) is 2.05. The Hall–Kier alpha value is -1.62. The van der Waals surface area contributed by atoms with Crippen LogP contribution in [-0.2, 0) is 16.1 Å². The van der Waals surface area contributed by atoms with Crippen molar-refractivity contribution < 1.29 is 14.3 Å². The van der Waals surface area contributed by atoms with E-state index in [0.29, 0.717) is 24.8 Å². The first kappa shape index (κ1) is 14.8. The smallest absolute Gasteiger partial charge is 0.347 e. The molecule has 0 aliphatic heterocycles. The van der Waals surface area contributed by atoms with E-state index < -0.39 is 6.10 Å². The lowest BCUT2D eigenvalue weighted by atomic mass is 10.2. The van der Waals surface area contributed by atoms with Crippen LogP contribution in [0, 0.1) is 0 Å². The molecule has 1 saturated carbocycles. The van der Waals surface area contributed by atoms with Crippen molar-refractivity contribution in [3.63, 3.8) is 0 Å². The molecule has 0 aromatic carbocycles. The van der Waals surface area contributed by atoms with Crippen LogP contribution in [0.15, 0.2) is 18.3 Å². The number of rotatable bonds is 8. The fraction of sp³-hybridized carbons (Fsp3) is 0.600. The molecule has 0 spiro atoms. The number of hydrogen-bond donors (Lipinski definition) is 1. The van der Waals surface area contributed by atoms with Crippen molar-refractivity contribution in [1.82, 2.24) is 10.3 Å². The number of aromatic nitrogens is 1. The van der Waals surface area contributed by atoms with E-state index in [2.05, 4.69) is 10.3 Å². The van der Waals surface area contributed by atoms with Crippen molar-refractivity contribution in [1.29, 1.82) is 0 Å². The van der Waals surface area contributed by atoms with Gasteiger partial charge in [0.05, 0.1) is 18.5 Å². The van der Waals surface area contributed by atoms with Gasteiger partial charge in [0, 0.05) is 12.6 Å². The molecule has 1 heterocycles. The van der Waals surface area contributed by atoms with E-state index >= 15 is 0 Å². The molecule has 1 aromatic heterocycles. The Bertz CT molecular complexity index is 429. The molecule has 1 atom stereocenters. The van der Waals surface area contributed by atoms with E-state index in [0.717, 1.165) is 12.2 Å². The molecule has 5 heteroatoms. The van der Waals surface area contributed by atoms with Gasteiger partial charge in [-0.2, -0.15) is 0 Å². The van der Waals surface area contributed by atoms with Crippen LogP contribution in [0.5, 0.6) is 5.75 Å². The van der Waals surface area contributed by atoms with Crippen LogP contribution in [-0.4, -0.2) is 29.7 Å².